The van der Waals surface area contributed by atoms with Gasteiger partial charge in [-0.05, 0) is 43.0 Å². The molecule has 1 amide bonds. The molecule has 1 aliphatic carbocycles. The second-order valence-electron chi connectivity index (χ2n) is 4.43. The van der Waals surface area contributed by atoms with Gasteiger partial charge in [0.25, 0.3) is 0 Å². The smallest absolute Gasteiger partial charge is 0.224 e. The lowest BCUT2D eigenvalue weighted by atomic mass is 10.0. The van der Waals surface area contributed by atoms with Gasteiger partial charge in [-0.15, -0.1) is 0 Å². The highest BCUT2D eigenvalue weighted by atomic mass is 35.5. The summed E-state index contributed by atoms with van der Waals surface area (Å²) in [5.74, 6) is 0.715. The molecule has 0 heterocycles. The average Bonchev–Trinajstić information content (AvgIpc) is 3.06. The Bertz CT molecular complexity index is 441. The van der Waals surface area contributed by atoms with Crippen molar-refractivity contribution in [2.24, 2.45) is 0 Å². The van der Waals surface area contributed by atoms with E-state index in [0.29, 0.717) is 23.2 Å². The largest absolute Gasteiger partial charge is 0.495 e. The van der Waals surface area contributed by atoms with E-state index in [1.165, 1.54) is 0 Å². The van der Waals surface area contributed by atoms with Crippen LogP contribution in [-0.4, -0.2) is 19.1 Å². The molecule has 2 rings (SSSR count). The Hall–Kier alpha value is -1.22. The van der Waals surface area contributed by atoms with E-state index in [-0.39, 0.29) is 5.91 Å². The minimum atomic E-state index is 0.0665. The number of hydrogen-bond acceptors (Lipinski definition) is 2. The number of amides is 1. The average molecular weight is 254 g/mol. The zero-order chi connectivity index (χ0) is 12.4. The minimum Gasteiger partial charge on any atom is -0.495 e. The molecule has 1 N–H and O–H groups in total. The molecular formula is C13H16ClNO2. The summed E-state index contributed by atoms with van der Waals surface area (Å²) in [7, 11) is 1.58. The van der Waals surface area contributed by atoms with Crippen LogP contribution in [-0.2, 0) is 11.2 Å². The predicted octanol–water partition coefficient (Wildman–Crippen LogP) is 2.48. The topological polar surface area (TPSA) is 38.3 Å². The number of carbonyl (C=O) groups is 1. The number of hydrogen-bond donors (Lipinski definition) is 1. The molecule has 1 aromatic rings. The van der Waals surface area contributed by atoms with Gasteiger partial charge < -0.3 is 10.1 Å². The zero-order valence-corrected chi connectivity index (χ0v) is 10.8. The summed E-state index contributed by atoms with van der Waals surface area (Å²) in [4.78, 5) is 11.7. The Morgan fingerprint density at radius 2 is 2.24 bits per heavy atom. The fourth-order valence-electron chi connectivity index (χ4n) is 1.72. The molecule has 0 bridgehead atoms. The van der Waals surface area contributed by atoms with E-state index in [1.54, 1.807) is 7.11 Å². The van der Waals surface area contributed by atoms with Gasteiger partial charge in [0, 0.05) is 6.04 Å². The van der Waals surface area contributed by atoms with Crippen LogP contribution in [0.1, 0.15) is 24.0 Å². The monoisotopic (exact) mass is 253 g/mol. The van der Waals surface area contributed by atoms with Gasteiger partial charge in [0.15, 0.2) is 0 Å². The molecule has 92 valence electrons. The molecule has 0 unspecified atom stereocenters. The van der Waals surface area contributed by atoms with Crippen LogP contribution in [0.5, 0.6) is 5.75 Å². The van der Waals surface area contributed by atoms with Crippen molar-refractivity contribution >= 4 is 17.5 Å². The lowest BCUT2D eigenvalue weighted by Gasteiger charge is -2.10. The van der Waals surface area contributed by atoms with Crippen molar-refractivity contribution in [3.05, 3.63) is 28.3 Å². The maximum absolute atomic E-state index is 11.7. The van der Waals surface area contributed by atoms with Crippen LogP contribution in [0.15, 0.2) is 12.1 Å². The van der Waals surface area contributed by atoms with Gasteiger partial charge in [0.05, 0.1) is 18.6 Å². The van der Waals surface area contributed by atoms with Gasteiger partial charge in [-0.3, -0.25) is 4.79 Å². The van der Waals surface area contributed by atoms with E-state index < -0.39 is 0 Å². The van der Waals surface area contributed by atoms with Crippen molar-refractivity contribution in [1.82, 2.24) is 5.32 Å². The van der Waals surface area contributed by atoms with Crippen molar-refractivity contribution in [3.63, 3.8) is 0 Å². The first-order valence-electron chi connectivity index (χ1n) is 5.72. The summed E-state index contributed by atoms with van der Waals surface area (Å²) in [6.07, 6.45) is 2.59. The Balaban J connectivity index is 2.09. The Morgan fingerprint density at radius 1 is 1.53 bits per heavy atom. The maximum Gasteiger partial charge on any atom is 0.224 e. The van der Waals surface area contributed by atoms with Gasteiger partial charge in [0.1, 0.15) is 5.75 Å². The fourth-order valence-corrected chi connectivity index (χ4v) is 1.99. The van der Waals surface area contributed by atoms with Crippen LogP contribution < -0.4 is 10.1 Å². The SMILES string of the molecule is COc1cc(C)c(CC(=O)NC2CC2)cc1Cl. The zero-order valence-electron chi connectivity index (χ0n) is 10.0. The first-order chi connectivity index (χ1) is 8.10. The number of carbonyl (C=O) groups excluding carboxylic acids is 1. The van der Waals surface area contributed by atoms with Crippen molar-refractivity contribution in [2.45, 2.75) is 32.2 Å². The molecule has 17 heavy (non-hydrogen) atoms. The van der Waals surface area contributed by atoms with Gasteiger partial charge in [-0.2, -0.15) is 0 Å². The Morgan fingerprint density at radius 3 is 2.82 bits per heavy atom. The minimum absolute atomic E-state index is 0.0665. The number of halogens is 1. The van der Waals surface area contributed by atoms with E-state index in [0.717, 1.165) is 24.0 Å². The van der Waals surface area contributed by atoms with Crippen LogP contribution in [0.25, 0.3) is 0 Å². The second kappa shape index (κ2) is 4.96. The van der Waals surface area contributed by atoms with Gasteiger partial charge >= 0.3 is 0 Å². The quantitative estimate of drug-likeness (QED) is 0.895. The molecule has 0 saturated heterocycles. The predicted molar refractivity (Wildman–Crippen MR) is 67.6 cm³/mol. The summed E-state index contributed by atoms with van der Waals surface area (Å²) in [5, 5.41) is 3.51. The van der Waals surface area contributed by atoms with Gasteiger partial charge in [-0.1, -0.05) is 11.6 Å². The molecule has 0 spiro atoms. The Labute approximate surface area is 106 Å². The molecular weight excluding hydrogens is 238 g/mol. The number of benzene rings is 1. The van der Waals surface area contributed by atoms with E-state index >= 15 is 0 Å². The fraction of sp³-hybridized carbons (Fsp3) is 0.462. The van der Waals surface area contributed by atoms with Crippen LogP contribution in [0.3, 0.4) is 0 Å². The molecule has 0 atom stereocenters. The number of nitrogens with one attached hydrogen (secondary N) is 1. The van der Waals surface area contributed by atoms with Crippen molar-refractivity contribution < 1.29 is 9.53 Å². The summed E-state index contributed by atoms with van der Waals surface area (Å²) in [6.45, 7) is 1.96. The van der Waals surface area contributed by atoms with Crippen LogP contribution in [0, 0.1) is 6.92 Å². The lowest BCUT2D eigenvalue weighted by Crippen LogP contribution is -2.27. The number of rotatable bonds is 4. The van der Waals surface area contributed by atoms with E-state index in [9.17, 15) is 4.79 Å². The highest BCUT2D eigenvalue weighted by Gasteiger charge is 2.23. The summed E-state index contributed by atoms with van der Waals surface area (Å²) >= 11 is 6.05. The lowest BCUT2D eigenvalue weighted by molar-refractivity contribution is -0.120. The summed E-state index contributed by atoms with van der Waals surface area (Å²) < 4.78 is 5.13. The van der Waals surface area contributed by atoms with Crippen LogP contribution in [0.4, 0.5) is 0 Å². The third kappa shape index (κ3) is 3.13. The van der Waals surface area contributed by atoms with Crippen molar-refractivity contribution in [3.8, 4) is 5.75 Å². The normalized spacial score (nSPS) is 14.5. The number of aryl methyl sites for hydroxylation is 1. The van der Waals surface area contributed by atoms with E-state index in [4.69, 9.17) is 16.3 Å². The molecule has 1 saturated carbocycles. The first-order valence-corrected chi connectivity index (χ1v) is 6.10. The van der Waals surface area contributed by atoms with Crippen LogP contribution >= 0.6 is 11.6 Å². The molecule has 0 radical (unpaired) electrons. The molecule has 1 aliphatic rings. The van der Waals surface area contributed by atoms with Crippen molar-refractivity contribution in [1.29, 1.82) is 0 Å². The van der Waals surface area contributed by atoms with E-state index in [1.807, 2.05) is 19.1 Å². The first kappa shape index (κ1) is 12.2. The third-order valence-corrected chi connectivity index (χ3v) is 3.20. The van der Waals surface area contributed by atoms with Crippen molar-refractivity contribution in [2.75, 3.05) is 7.11 Å². The molecule has 0 aromatic heterocycles. The molecule has 3 nitrogen and oxygen atoms in total. The molecule has 0 aliphatic heterocycles. The van der Waals surface area contributed by atoms with E-state index in [2.05, 4.69) is 5.32 Å². The molecule has 4 heteroatoms. The summed E-state index contributed by atoms with van der Waals surface area (Å²) in [6, 6.07) is 4.07. The molecule has 1 aromatic carbocycles. The maximum atomic E-state index is 11.7. The Kier molecular flexibility index (Phi) is 3.57. The van der Waals surface area contributed by atoms with Gasteiger partial charge in [-0.25, -0.2) is 0 Å². The highest BCUT2D eigenvalue weighted by Crippen LogP contribution is 2.28. The number of ether oxygens (including phenoxy) is 1. The van der Waals surface area contributed by atoms with Gasteiger partial charge in [0.2, 0.25) is 5.91 Å². The molecule has 1 fully saturated rings. The standard InChI is InChI=1S/C13H16ClNO2/c1-8-5-12(17-2)11(14)6-9(8)7-13(16)15-10-3-4-10/h5-6,10H,3-4,7H2,1-2H3,(H,15,16). The number of methoxy groups -OCH3 is 1. The highest BCUT2D eigenvalue weighted by molar-refractivity contribution is 6.32. The summed E-state index contributed by atoms with van der Waals surface area (Å²) in [5.41, 5.74) is 1.98. The second-order valence-corrected chi connectivity index (χ2v) is 4.84. The third-order valence-electron chi connectivity index (χ3n) is 2.90. The van der Waals surface area contributed by atoms with Crippen LogP contribution in [0.2, 0.25) is 5.02 Å².